The first-order valence-corrected chi connectivity index (χ1v) is 6.72. The average Bonchev–Trinajstić information content (AvgIpc) is 2.82. The Morgan fingerprint density at radius 3 is 2.63 bits per heavy atom. The molecule has 1 aromatic carbocycles. The van der Waals surface area contributed by atoms with Crippen molar-refractivity contribution in [2.45, 2.75) is 32.0 Å². The Bertz CT molecular complexity index is 517. The number of hydrogen-bond donors (Lipinski definition) is 2. The molecule has 1 aliphatic heterocycles. The number of hydrogen-bond acceptors (Lipinski definition) is 3. The average molecular weight is 328 g/mol. The Balaban J connectivity index is 2.00. The van der Waals surface area contributed by atoms with Crippen LogP contribution in [0.5, 0.6) is 0 Å². The predicted molar refractivity (Wildman–Crippen MR) is 73.0 cm³/mol. The highest BCUT2D eigenvalue weighted by Crippen LogP contribution is 2.24. The van der Waals surface area contributed by atoms with Gasteiger partial charge in [0.1, 0.15) is 6.10 Å². The lowest BCUT2D eigenvalue weighted by atomic mass is 10.1. The minimum Gasteiger partial charge on any atom is -0.479 e. The second-order valence-electron chi connectivity index (χ2n) is 4.48. The maximum Gasteiger partial charge on any atom is 0.332 e. The minimum absolute atomic E-state index is 0.297. The molecule has 1 aliphatic rings. The number of anilines is 1. The lowest BCUT2D eigenvalue weighted by molar-refractivity contribution is -0.150. The van der Waals surface area contributed by atoms with E-state index in [9.17, 15) is 9.59 Å². The summed E-state index contributed by atoms with van der Waals surface area (Å²) < 4.78 is 6.14. The highest BCUT2D eigenvalue weighted by Gasteiger charge is 2.34. The number of rotatable bonds is 3. The summed E-state index contributed by atoms with van der Waals surface area (Å²) in [6.07, 6.45) is -0.767. The molecule has 0 bridgehead atoms. The van der Waals surface area contributed by atoms with Crippen molar-refractivity contribution in [2.24, 2.45) is 0 Å². The van der Waals surface area contributed by atoms with Gasteiger partial charge in [-0.05, 0) is 43.5 Å². The van der Waals surface area contributed by atoms with Crippen LogP contribution in [-0.4, -0.2) is 29.2 Å². The summed E-state index contributed by atoms with van der Waals surface area (Å²) in [6.45, 7) is 1.88. The third-order valence-electron chi connectivity index (χ3n) is 3.03. The lowest BCUT2D eigenvalue weighted by Crippen LogP contribution is -2.30. The number of carboxylic acids is 1. The van der Waals surface area contributed by atoms with E-state index in [2.05, 4.69) is 21.2 Å². The summed E-state index contributed by atoms with van der Waals surface area (Å²) in [7, 11) is 0. The van der Waals surface area contributed by atoms with Gasteiger partial charge >= 0.3 is 5.97 Å². The van der Waals surface area contributed by atoms with Crippen molar-refractivity contribution in [1.29, 1.82) is 0 Å². The number of benzene rings is 1. The molecule has 2 N–H and O–H groups in total. The van der Waals surface area contributed by atoms with E-state index in [-0.39, 0.29) is 5.91 Å². The van der Waals surface area contributed by atoms with Crippen LogP contribution in [0.2, 0.25) is 0 Å². The summed E-state index contributed by atoms with van der Waals surface area (Å²) in [5, 5.41) is 11.6. The zero-order valence-electron chi connectivity index (χ0n) is 10.4. The van der Waals surface area contributed by atoms with Crippen molar-refractivity contribution in [3.05, 3.63) is 28.2 Å². The van der Waals surface area contributed by atoms with Gasteiger partial charge in [-0.1, -0.05) is 15.9 Å². The van der Waals surface area contributed by atoms with Crippen LogP contribution in [0.25, 0.3) is 0 Å². The number of halogens is 1. The van der Waals surface area contributed by atoms with Crippen molar-refractivity contribution in [2.75, 3.05) is 5.32 Å². The fourth-order valence-corrected chi connectivity index (χ4v) is 2.47. The minimum atomic E-state index is -1.02. The van der Waals surface area contributed by atoms with Gasteiger partial charge in [-0.3, -0.25) is 4.79 Å². The highest BCUT2D eigenvalue weighted by atomic mass is 79.9. The standard InChI is InChI=1S/C13H14BrNO4/c1-7-6-8(14)2-3-9(7)15-12(16)10-4-5-11(19-10)13(17)18/h2-3,6,10-11H,4-5H2,1H3,(H,15,16)(H,17,18). The van der Waals surface area contributed by atoms with Crippen LogP contribution in [0.15, 0.2) is 22.7 Å². The molecule has 1 aromatic rings. The van der Waals surface area contributed by atoms with Gasteiger partial charge in [0.25, 0.3) is 5.91 Å². The molecule has 0 aliphatic carbocycles. The molecule has 19 heavy (non-hydrogen) atoms. The number of amides is 1. The van der Waals surface area contributed by atoms with E-state index < -0.39 is 18.2 Å². The molecule has 2 atom stereocenters. The molecule has 5 nitrogen and oxygen atoms in total. The molecule has 0 spiro atoms. The van der Waals surface area contributed by atoms with Crippen molar-refractivity contribution in [3.8, 4) is 0 Å². The molecule has 2 unspecified atom stereocenters. The molecular weight excluding hydrogens is 314 g/mol. The van der Waals surface area contributed by atoms with Gasteiger partial charge in [-0.15, -0.1) is 0 Å². The SMILES string of the molecule is Cc1cc(Br)ccc1NC(=O)C1CCC(C(=O)O)O1. The second kappa shape index (κ2) is 5.71. The molecule has 2 rings (SSSR count). The van der Waals surface area contributed by atoms with Crippen LogP contribution in [0.1, 0.15) is 18.4 Å². The molecule has 0 radical (unpaired) electrons. The van der Waals surface area contributed by atoms with Crippen LogP contribution >= 0.6 is 15.9 Å². The number of aryl methyl sites for hydroxylation is 1. The number of aliphatic carboxylic acids is 1. The normalized spacial score (nSPS) is 22.2. The number of nitrogens with one attached hydrogen (secondary N) is 1. The van der Waals surface area contributed by atoms with E-state index in [1.54, 1.807) is 6.07 Å². The number of carboxylic acid groups (broad SMARTS) is 1. The van der Waals surface area contributed by atoms with Gasteiger partial charge in [-0.2, -0.15) is 0 Å². The summed E-state index contributed by atoms with van der Waals surface area (Å²) in [4.78, 5) is 22.7. The van der Waals surface area contributed by atoms with E-state index in [4.69, 9.17) is 9.84 Å². The first kappa shape index (κ1) is 14.0. The first-order valence-electron chi connectivity index (χ1n) is 5.92. The highest BCUT2D eigenvalue weighted by molar-refractivity contribution is 9.10. The van der Waals surface area contributed by atoms with Crippen LogP contribution in [0.3, 0.4) is 0 Å². The van der Waals surface area contributed by atoms with Gasteiger partial charge in [0.05, 0.1) is 0 Å². The predicted octanol–water partition coefficient (Wildman–Crippen LogP) is 2.33. The maximum atomic E-state index is 12.0. The number of ether oxygens (including phenoxy) is 1. The molecule has 1 heterocycles. The Morgan fingerprint density at radius 2 is 2.05 bits per heavy atom. The molecule has 6 heteroatoms. The Hall–Kier alpha value is -1.40. The van der Waals surface area contributed by atoms with E-state index in [1.807, 2.05) is 19.1 Å². The fourth-order valence-electron chi connectivity index (χ4n) is 1.99. The van der Waals surface area contributed by atoms with E-state index in [0.29, 0.717) is 18.5 Å². The molecule has 0 saturated carbocycles. The van der Waals surface area contributed by atoms with E-state index in [0.717, 1.165) is 10.0 Å². The molecule has 0 aromatic heterocycles. The Morgan fingerprint density at radius 1 is 1.37 bits per heavy atom. The largest absolute Gasteiger partial charge is 0.479 e. The first-order chi connectivity index (χ1) is 8.97. The van der Waals surface area contributed by atoms with Gasteiger partial charge in [0, 0.05) is 10.2 Å². The maximum absolute atomic E-state index is 12.0. The topological polar surface area (TPSA) is 75.6 Å². The molecule has 1 fully saturated rings. The zero-order valence-corrected chi connectivity index (χ0v) is 11.9. The van der Waals surface area contributed by atoms with Gasteiger partial charge in [0.15, 0.2) is 6.10 Å². The second-order valence-corrected chi connectivity index (χ2v) is 5.39. The third-order valence-corrected chi connectivity index (χ3v) is 3.53. The third kappa shape index (κ3) is 3.33. The number of carbonyl (C=O) groups excluding carboxylic acids is 1. The molecule has 1 saturated heterocycles. The van der Waals surface area contributed by atoms with E-state index >= 15 is 0 Å². The summed E-state index contributed by atoms with van der Waals surface area (Å²) in [5.74, 6) is -1.32. The monoisotopic (exact) mass is 327 g/mol. The summed E-state index contributed by atoms with van der Waals surface area (Å²) in [5.41, 5.74) is 1.63. The van der Waals surface area contributed by atoms with Crippen LogP contribution in [0.4, 0.5) is 5.69 Å². The van der Waals surface area contributed by atoms with Crippen molar-refractivity contribution in [1.82, 2.24) is 0 Å². The number of carbonyl (C=O) groups is 2. The van der Waals surface area contributed by atoms with Crippen LogP contribution in [-0.2, 0) is 14.3 Å². The molecule has 102 valence electrons. The summed E-state index contributed by atoms with van der Waals surface area (Å²) >= 11 is 3.35. The van der Waals surface area contributed by atoms with Gasteiger partial charge < -0.3 is 15.2 Å². The molecular formula is C13H14BrNO4. The van der Waals surface area contributed by atoms with Crippen molar-refractivity contribution < 1.29 is 19.4 Å². The summed E-state index contributed by atoms with van der Waals surface area (Å²) in [6, 6.07) is 5.52. The van der Waals surface area contributed by atoms with E-state index in [1.165, 1.54) is 0 Å². The van der Waals surface area contributed by atoms with Crippen molar-refractivity contribution in [3.63, 3.8) is 0 Å². The van der Waals surface area contributed by atoms with Crippen LogP contribution in [0, 0.1) is 6.92 Å². The van der Waals surface area contributed by atoms with Crippen LogP contribution < -0.4 is 5.32 Å². The fraction of sp³-hybridized carbons (Fsp3) is 0.385. The Labute approximate surface area is 119 Å². The van der Waals surface area contributed by atoms with Gasteiger partial charge in [0.2, 0.25) is 0 Å². The van der Waals surface area contributed by atoms with Crippen molar-refractivity contribution >= 4 is 33.5 Å². The lowest BCUT2D eigenvalue weighted by Gasteiger charge is -2.13. The molecule has 1 amide bonds. The zero-order chi connectivity index (χ0) is 14.0. The Kier molecular flexibility index (Phi) is 4.21. The quantitative estimate of drug-likeness (QED) is 0.893. The van der Waals surface area contributed by atoms with Gasteiger partial charge in [-0.25, -0.2) is 4.79 Å². The smallest absolute Gasteiger partial charge is 0.332 e.